The minimum Gasteiger partial charge on any atom is -0.367 e. The summed E-state index contributed by atoms with van der Waals surface area (Å²) in [5, 5.41) is 0. The van der Waals surface area contributed by atoms with Crippen LogP contribution in [0.1, 0.15) is 65.7 Å². The fourth-order valence-electron chi connectivity index (χ4n) is 3.84. The van der Waals surface area contributed by atoms with Crippen LogP contribution in [-0.4, -0.2) is 18.0 Å². The molecule has 0 spiro atoms. The third-order valence-electron chi connectivity index (χ3n) is 5.25. The molecule has 0 aromatic rings. The Morgan fingerprint density at radius 1 is 1.17 bits per heavy atom. The van der Waals surface area contributed by atoms with E-state index in [4.69, 9.17) is 4.74 Å². The Morgan fingerprint density at radius 2 is 1.83 bits per heavy atom. The molecule has 0 bridgehead atoms. The number of rotatable bonds is 4. The molecule has 104 valence electrons. The van der Waals surface area contributed by atoms with Crippen molar-refractivity contribution in [2.24, 2.45) is 17.8 Å². The first-order chi connectivity index (χ1) is 8.59. The van der Waals surface area contributed by atoms with Crippen molar-refractivity contribution in [1.82, 2.24) is 0 Å². The quantitative estimate of drug-likeness (QED) is 0.756. The second-order valence-electron chi connectivity index (χ2n) is 6.46. The fraction of sp³-hybridized carbons (Fsp3) is 0.938. The maximum atomic E-state index is 12.8. The van der Waals surface area contributed by atoms with E-state index in [0.717, 1.165) is 44.4 Å². The number of carbonyl (C=O) groups is 1. The molecule has 2 fully saturated rings. The molecule has 3 unspecified atom stereocenters. The predicted molar refractivity (Wildman–Crippen MR) is 73.5 cm³/mol. The van der Waals surface area contributed by atoms with E-state index in [1.807, 2.05) is 6.92 Å². The van der Waals surface area contributed by atoms with E-state index >= 15 is 0 Å². The lowest BCUT2D eigenvalue weighted by Gasteiger charge is -2.37. The van der Waals surface area contributed by atoms with Gasteiger partial charge in [0.1, 0.15) is 5.60 Å². The molecule has 0 aromatic carbocycles. The van der Waals surface area contributed by atoms with Crippen molar-refractivity contribution >= 4 is 5.78 Å². The lowest BCUT2D eigenvalue weighted by molar-refractivity contribution is -0.149. The highest BCUT2D eigenvalue weighted by Gasteiger charge is 2.45. The summed E-state index contributed by atoms with van der Waals surface area (Å²) in [7, 11) is 0. The maximum Gasteiger partial charge on any atom is 0.167 e. The molecule has 2 heteroatoms. The molecule has 0 N–H and O–H groups in total. The molecule has 3 atom stereocenters. The number of ether oxygens (including phenoxy) is 1. The Hall–Kier alpha value is -0.370. The van der Waals surface area contributed by atoms with Crippen LogP contribution in [0.5, 0.6) is 0 Å². The molecule has 0 heterocycles. The minimum atomic E-state index is -0.403. The smallest absolute Gasteiger partial charge is 0.167 e. The summed E-state index contributed by atoms with van der Waals surface area (Å²) < 4.78 is 5.92. The maximum absolute atomic E-state index is 12.8. The van der Waals surface area contributed by atoms with Gasteiger partial charge in [-0.05, 0) is 63.7 Å². The Morgan fingerprint density at radius 3 is 2.39 bits per heavy atom. The lowest BCUT2D eigenvalue weighted by Crippen LogP contribution is -2.44. The van der Waals surface area contributed by atoms with Crippen LogP contribution in [0.25, 0.3) is 0 Å². The number of carbonyl (C=O) groups excluding carboxylic acids is 1. The predicted octanol–water partition coefficient (Wildman–Crippen LogP) is 3.98. The van der Waals surface area contributed by atoms with Gasteiger partial charge in [0.05, 0.1) is 0 Å². The SMILES string of the molecule is CCOC1(C(=O)C2CCC(C)C(C)C2)CCCC1. The van der Waals surface area contributed by atoms with E-state index in [0.29, 0.717) is 18.3 Å². The van der Waals surface area contributed by atoms with Gasteiger partial charge >= 0.3 is 0 Å². The molecule has 0 saturated heterocycles. The van der Waals surface area contributed by atoms with Crippen molar-refractivity contribution in [3.8, 4) is 0 Å². The summed E-state index contributed by atoms with van der Waals surface area (Å²) in [6, 6.07) is 0. The van der Waals surface area contributed by atoms with Gasteiger partial charge in [-0.1, -0.05) is 13.8 Å². The summed E-state index contributed by atoms with van der Waals surface area (Å²) in [5.74, 6) is 2.16. The molecular formula is C16H28O2. The molecule has 2 aliphatic rings. The van der Waals surface area contributed by atoms with Gasteiger partial charge in [0, 0.05) is 12.5 Å². The monoisotopic (exact) mass is 252 g/mol. The Kier molecular flexibility index (Phi) is 4.47. The van der Waals surface area contributed by atoms with Crippen molar-refractivity contribution in [3.63, 3.8) is 0 Å². The van der Waals surface area contributed by atoms with Gasteiger partial charge < -0.3 is 4.74 Å². The number of hydrogen-bond donors (Lipinski definition) is 0. The van der Waals surface area contributed by atoms with Gasteiger partial charge in [-0.25, -0.2) is 0 Å². The second kappa shape index (κ2) is 5.73. The summed E-state index contributed by atoms with van der Waals surface area (Å²) in [6.45, 7) is 7.30. The van der Waals surface area contributed by atoms with Crippen LogP contribution in [0, 0.1) is 17.8 Å². The van der Waals surface area contributed by atoms with Crippen LogP contribution in [0.15, 0.2) is 0 Å². The lowest BCUT2D eigenvalue weighted by atomic mass is 9.71. The number of ketones is 1. The van der Waals surface area contributed by atoms with Gasteiger partial charge in [0.15, 0.2) is 5.78 Å². The third-order valence-corrected chi connectivity index (χ3v) is 5.25. The average Bonchev–Trinajstić information content (AvgIpc) is 2.82. The molecule has 2 saturated carbocycles. The largest absolute Gasteiger partial charge is 0.367 e. The van der Waals surface area contributed by atoms with Gasteiger partial charge in [-0.15, -0.1) is 0 Å². The van der Waals surface area contributed by atoms with Gasteiger partial charge in [0.2, 0.25) is 0 Å². The van der Waals surface area contributed by atoms with Gasteiger partial charge in [-0.3, -0.25) is 4.79 Å². The number of hydrogen-bond acceptors (Lipinski definition) is 2. The van der Waals surface area contributed by atoms with E-state index in [-0.39, 0.29) is 5.92 Å². The summed E-state index contributed by atoms with van der Waals surface area (Å²) in [6.07, 6.45) is 7.60. The van der Waals surface area contributed by atoms with Crippen LogP contribution in [-0.2, 0) is 9.53 Å². The molecule has 0 radical (unpaired) electrons. The molecule has 2 rings (SSSR count). The highest BCUT2D eigenvalue weighted by Crippen LogP contribution is 2.41. The Balaban J connectivity index is 2.05. The van der Waals surface area contributed by atoms with Crippen molar-refractivity contribution in [2.75, 3.05) is 6.61 Å². The van der Waals surface area contributed by atoms with Crippen LogP contribution < -0.4 is 0 Å². The van der Waals surface area contributed by atoms with Crippen LogP contribution >= 0.6 is 0 Å². The molecule has 0 aromatic heterocycles. The summed E-state index contributed by atoms with van der Waals surface area (Å²) in [5.41, 5.74) is -0.403. The van der Waals surface area contributed by atoms with Crippen molar-refractivity contribution in [3.05, 3.63) is 0 Å². The van der Waals surface area contributed by atoms with Crippen molar-refractivity contribution < 1.29 is 9.53 Å². The van der Waals surface area contributed by atoms with Crippen molar-refractivity contribution in [2.45, 2.75) is 71.3 Å². The van der Waals surface area contributed by atoms with E-state index in [9.17, 15) is 4.79 Å². The zero-order chi connectivity index (χ0) is 13.2. The zero-order valence-electron chi connectivity index (χ0n) is 12.2. The van der Waals surface area contributed by atoms with E-state index in [1.54, 1.807) is 0 Å². The van der Waals surface area contributed by atoms with Crippen LogP contribution in [0.4, 0.5) is 0 Å². The first-order valence-corrected chi connectivity index (χ1v) is 7.77. The fourth-order valence-corrected chi connectivity index (χ4v) is 3.84. The molecule has 0 amide bonds. The average molecular weight is 252 g/mol. The third kappa shape index (κ3) is 2.64. The van der Waals surface area contributed by atoms with Crippen LogP contribution in [0.3, 0.4) is 0 Å². The highest BCUT2D eigenvalue weighted by molar-refractivity contribution is 5.89. The van der Waals surface area contributed by atoms with Crippen molar-refractivity contribution in [1.29, 1.82) is 0 Å². The topological polar surface area (TPSA) is 26.3 Å². The van der Waals surface area contributed by atoms with E-state index < -0.39 is 5.60 Å². The zero-order valence-corrected chi connectivity index (χ0v) is 12.2. The molecule has 2 aliphatic carbocycles. The first kappa shape index (κ1) is 14.0. The minimum absolute atomic E-state index is 0.265. The Bertz CT molecular complexity index is 291. The molecular weight excluding hydrogens is 224 g/mol. The molecule has 2 nitrogen and oxygen atoms in total. The van der Waals surface area contributed by atoms with Gasteiger partial charge in [-0.2, -0.15) is 0 Å². The summed E-state index contributed by atoms with van der Waals surface area (Å²) in [4.78, 5) is 12.8. The first-order valence-electron chi connectivity index (χ1n) is 7.77. The second-order valence-corrected chi connectivity index (χ2v) is 6.46. The van der Waals surface area contributed by atoms with Gasteiger partial charge in [0.25, 0.3) is 0 Å². The highest BCUT2D eigenvalue weighted by atomic mass is 16.5. The Labute approximate surface area is 111 Å². The van der Waals surface area contributed by atoms with E-state index in [2.05, 4.69) is 13.8 Å². The normalized spacial score (nSPS) is 35.6. The molecule has 18 heavy (non-hydrogen) atoms. The number of Topliss-reactive ketones (excluding diaryl/α,β-unsaturated/α-hetero) is 1. The standard InChI is InChI=1S/C16H28O2/c1-4-18-16(9-5-6-10-16)15(17)14-8-7-12(2)13(3)11-14/h12-14H,4-11H2,1-3H3. The molecule has 0 aliphatic heterocycles. The van der Waals surface area contributed by atoms with E-state index in [1.165, 1.54) is 6.42 Å². The van der Waals surface area contributed by atoms with Crippen LogP contribution in [0.2, 0.25) is 0 Å². The summed E-state index contributed by atoms with van der Waals surface area (Å²) >= 11 is 0.